The monoisotopic (exact) mass is 410 g/mol. The van der Waals surface area contributed by atoms with E-state index in [1.807, 2.05) is 12.1 Å². The minimum Gasteiger partial charge on any atom is -0.338 e. The third-order valence-corrected chi connectivity index (χ3v) is 7.70. The quantitative estimate of drug-likeness (QED) is 0.655. The molecule has 0 aliphatic heterocycles. The largest absolute Gasteiger partial charge is 0.338 e. The Morgan fingerprint density at radius 3 is 2.79 bits per heavy atom. The van der Waals surface area contributed by atoms with Crippen molar-refractivity contribution < 1.29 is 12.8 Å². The molecule has 2 aromatic heterocycles. The number of pyridine rings is 1. The minimum absolute atomic E-state index is 0.201. The molecule has 1 fully saturated rings. The Morgan fingerprint density at radius 1 is 1.24 bits per heavy atom. The normalized spacial score (nSPS) is 18.7. The minimum atomic E-state index is -3.28. The van der Waals surface area contributed by atoms with Crippen molar-refractivity contribution in [2.45, 2.75) is 43.5 Å². The standard InChI is InChI=1S/C21H19FN4O2S/c22-21-3-1-2-14(24-21)12-26-19-7-4-13(11-23)8-17(19)18-9-15(10-20(18)26)25-29(27,28)16-5-6-16/h1-4,7-8,15-16,25H,5-6,9-10,12H2. The van der Waals surface area contributed by atoms with Crippen LogP contribution in [0.4, 0.5) is 4.39 Å². The Balaban J connectivity index is 1.55. The van der Waals surface area contributed by atoms with Gasteiger partial charge in [-0.05, 0) is 55.2 Å². The van der Waals surface area contributed by atoms with E-state index in [0.717, 1.165) is 35.0 Å². The molecule has 0 saturated heterocycles. The van der Waals surface area contributed by atoms with Gasteiger partial charge in [0.05, 0.1) is 29.1 Å². The number of halogens is 1. The third kappa shape index (κ3) is 3.30. The van der Waals surface area contributed by atoms with Crippen molar-refractivity contribution >= 4 is 20.9 Å². The van der Waals surface area contributed by atoms with Gasteiger partial charge in [-0.1, -0.05) is 6.07 Å². The number of hydrogen-bond acceptors (Lipinski definition) is 4. The molecular weight excluding hydrogens is 391 g/mol. The summed E-state index contributed by atoms with van der Waals surface area (Å²) in [4.78, 5) is 3.97. The molecule has 0 radical (unpaired) electrons. The number of nitrogens with one attached hydrogen (secondary N) is 1. The average molecular weight is 410 g/mol. The van der Waals surface area contributed by atoms with E-state index in [9.17, 15) is 18.1 Å². The zero-order valence-corrected chi connectivity index (χ0v) is 16.4. The first-order chi connectivity index (χ1) is 13.9. The van der Waals surface area contributed by atoms with Gasteiger partial charge in [-0.3, -0.25) is 0 Å². The molecule has 0 amide bonds. The van der Waals surface area contributed by atoms with Crippen molar-refractivity contribution in [2.75, 3.05) is 0 Å². The van der Waals surface area contributed by atoms with Crippen LogP contribution in [0, 0.1) is 17.3 Å². The molecule has 6 nitrogen and oxygen atoms in total. The summed E-state index contributed by atoms with van der Waals surface area (Å²) >= 11 is 0. The van der Waals surface area contributed by atoms with E-state index in [-0.39, 0.29) is 11.3 Å². The van der Waals surface area contributed by atoms with Crippen molar-refractivity contribution in [2.24, 2.45) is 0 Å². The molecule has 1 aromatic carbocycles. The lowest BCUT2D eigenvalue weighted by molar-refractivity contribution is 0.550. The summed E-state index contributed by atoms with van der Waals surface area (Å²) in [5.41, 5.74) is 4.17. The highest BCUT2D eigenvalue weighted by molar-refractivity contribution is 7.90. The third-order valence-electron chi connectivity index (χ3n) is 5.69. The number of sulfonamides is 1. The molecule has 29 heavy (non-hydrogen) atoms. The second-order valence-corrected chi connectivity index (χ2v) is 9.77. The van der Waals surface area contributed by atoms with Crippen LogP contribution in [-0.4, -0.2) is 29.3 Å². The molecule has 2 aliphatic carbocycles. The first-order valence-electron chi connectivity index (χ1n) is 9.61. The van der Waals surface area contributed by atoms with Gasteiger partial charge in [-0.25, -0.2) is 18.1 Å². The Morgan fingerprint density at radius 2 is 2.07 bits per heavy atom. The van der Waals surface area contributed by atoms with E-state index < -0.39 is 16.0 Å². The summed E-state index contributed by atoms with van der Waals surface area (Å²) in [6.45, 7) is 0.386. The van der Waals surface area contributed by atoms with E-state index in [2.05, 4.69) is 20.3 Å². The van der Waals surface area contributed by atoms with Crippen LogP contribution in [0.2, 0.25) is 0 Å². The van der Waals surface area contributed by atoms with E-state index in [1.54, 1.807) is 18.2 Å². The maximum atomic E-state index is 13.6. The van der Waals surface area contributed by atoms with Gasteiger partial charge in [0.25, 0.3) is 0 Å². The van der Waals surface area contributed by atoms with Gasteiger partial charge in [0.15, 0.2) is 0 Å². The molecule has 2 heterocycles. The lowest BCUT2D eigenvalue weighted by Crippen LogP contribution is -2.37. The smallest absolute Gasteiger partial charge is 0.214 e. The summed E-state index contributed by atoms with van der Waals surface area (Å²) in [7, 11) is -3.28. The second kappa shape index (κ2) is 6.65. The molecule has 5 rings (SSSR count). The van der Waals surface area contributed by atoms with Gasteiger partial charge in [-0.2, -0.15) is 9.65 Å². The summed E-state index contributed by atoms with van der Waals surface area (Å²) in [6, 6.07) is 12.2. The second-order valence-electron chi connectivity index (χ2n) is 7.77. The van der Waals surface area contributed by atoms with Crippen LogP contribution in [0.3, 0.4) is 0 Å². The van der Waals surface area contributed by atoms with Crippen LogP contribution >= 0.6 is 0 Å². The Labute approximate surface area is 168 Å². The van der Waals surface area contributed by atoms with Crippen LogP contribution in [0.25, 0.3) is 10.9 Å². The Hall–Kier alpha value is -2.76. The van der Waals surface area contributed by atoms with Gasteiger partial charge in [0.1, 0.15) is 0 Å². The van der Waals surface area contributed by atoms with Crippen molar-refractivity contribution in [3.8, 4) is 6.07 Å². The fourth-order valence-corrected chi connectivity index (χ4v) is 5.81. The lowest BCUT2D eigenvalue weighted by atomic mass is 10.1. The molecular formula is C21H19FN4O2S. The van der Waals surface area contributed by atoms with Crippen LogP contribution in [0.15, 0.2) is 36.4 Å². The number of rotatable bonds is 5. The van der Waals surface area contributed by atoms with Crippen LogP contribution in [0.5, 0.6) is 0 Å². The summed E-state index contributed by atoms with van der Waals surface area (Å²) < 4.78 is 43.3. The molecule has 3 aromatic rings. The molecule has 1 unspecified atom stereocenters. The highest BCUT2D eigenvalue weighted by Gasteiger charge is 2.39. The van der Waals surface area contributed by atoms with E-state index in [1.165, 1.54) is 6.07 Å². The topological polar surface area (TPSA) is 87.8 Å². The predicted molar refractivity (Wildman–Crippen MR) is 106 cm³/mol. The zero-order valence-electron chi connectivity index (χ0n) is 15.6. The van der Waals surface area contributed by atoms with Gasteiger partial charge < -0.3 is 4.57 Å². The fraction of sp³-hybridized carbons (Fsp3) is 0.333. The SMILES string of the molecule is N#Cc1ccc2c(c1)c1c(n2Cc2cccc(F)n2)CC(NS(=O)(=O)C2CC2)C1. The van der Waals surface area contributed by atoms with Crippen LogP contribution in [0.1, 0.15) is 35.4 Å². The van der Waals surface area contributed by atoms with Crippen molar-refractivity contribution in [1.82, 2.24) is 14.3 Å². The van der Waals surface area contributed by atoms with Gasteiger partial charge in [-0.15, -0.1) is 0 Å². The van der Waals surface area contributed by atoms with Gasteiger partial charge in [0.2, 0.25) is 16.0 Å². The molecule has 1 saturated carbocycles. The van der Waals surface area contributed by atoms with E-state index in [0.29, 0.717) is 30.6 Å². The lowest BCUT2D eigenvalue weighted by Gasteiger charge is -2.15. The Kier molecular flexibility index (Phi) is 4.19. The first-order valence-corrected chi connectivity index (χ1v) is 11.2. The highest BCUT2D eigenvalue weighted by Crippen LogP contribution is 2.36. The van der Waals surface area contributed by atoms with Gasteiger partial charge >= 0.3 is 0 Å². The molecule has 8 heteroatoms. The number of nitriles is 1. The summed E-state index contributed by atoms with van der Waals surface area (Å²) in [5.74, 6) is -0.530. The number of benzene rings is 1. The van der Waals surface area contributed by atoms with Crippen molar-refractivity contribution in [3.63, 3.8) is 0 Å². The maximum Gasteiger partial charge on any atom is 0.214 e. The summed E-state index contributed by atoms with van der Waals surface area (Å²) in [6.07, 6.45) is 2.59. The summed E-state index contributed by atoms with van der Waals surface area (Å²) in [5, 5.41) is 9.98. The molecule has 148 valence electrons. The molecule has 0 bridgehead atoms. The maximum absolute atomic E-state index is 13.6. The Bertz CT molecular complexity index is 1270. The number of aromatic nitrogens is 2. The van der Waals surface area contributed by atoms with Crippen molar-refractivity contribution in [1.29, 1.82) is 5.26 Å². The van der Waals surface area contributed by atoms with E-state index in [4.69, 9.17) is 0 Å². The number of nitrogens with zero attached hydrogens (tertiary/aromatic N) is 3. The average Bonchev–Trinajstić information content (AvgIpc) is 3.43. The van der Waals surface area contributed by atoms with E-state index >= 15 is 0 Å². The van der Waals surface area contributed by atoms with Gasteiger partial charge in [0, 0.05) is 29.1 Å². The fourth-order valence-electron chi connectivity index (χ4n) is 4.23. The zero-order chi connectivity index (χ0) is 20.2. The molecule has 1 atom stereocenters. The molecule has 2 aliphatic rings. The highest BCUT2D eigenvalue weighted by atomic mass is 32.2. The van der Waals surface area contributed by atoms with Crippen LogP contribution < -0.4 is 4.72 Å². The first kappa shape index (κ1) is 18.3. The number of fused-ring (bicyclic) bond motifs is 3. The van der Waals surface area contributed by atoms with Crippen LogP contribution in [-0.2, 0) is 29.4 Å². The number of hydrogen-bond donors (Lipinski definition) is 1. The molecule has 1 N–H and O–H groups in total. The predicted octanol–water partition coefficient (Wildman–Crippen LogP) is 2.64. The molecule has 0 spiro atoms. The van der Waals surface area contributed by atoms with Crippen molar-refractivity contribution in [3.05, 3.63) is 64.9 Å².